The summed E-state index contributed by atoms with van der Waals surface area (Å²) in [5.74, 6) is -0.740. The summed E-state index contributed by atoms with van der Waals surface area (Å²) in [7, 11) is 0. The molecule has 1 saturated carbocycles. The first-order chi connectivity index (χ1) is 8.58. The molecule has 0 bridgehead atoms. The van der Waals surface area contributed by atoms with E-state index in [1.165, 1.54) is 0 Å². The summed E-state index contributed by atoms with van der Waals surface area (Å²) in [4.78, 5) is 22.7. The molecule has 0 saturated heterocycles. The van der Waals surface area contributed by atoms with Crippen LogP contribution >= 0.6 is 0 Å². The van der Waals surface area contributed by atoms with Crippen LogP contribution in [0.3, 0.4) is 0 Å². The number of nitrogens with one attached hydrogen (secondary N) is 2. The third-order valence-electron chi connectivity index (χ3n) is 3.86. The van der Waals surface area contributed by atoms with E-state index in [9.17, 15) is 9.59 Å². The molecule has 0 aromatic heterocycles. The Bertz CT molecular complexity index is 290. The number of hydrogen-bond donors (Lipinski definition) is 3. The number of carbonyl (C=O) groups is 2. The van der Waals surface area contributed by atoms with Crippen LogP contribution in [0.25, 0.3) is 0 Å². The van der Waals surface area contributed by atoms with Crippen molar-refractivity contribution in [1.82, 2.24) is 10.6 Å². The Morgan fingerprint density at radius 1 is 1.28 bits per heavy atom. The van der Waals surface area contributed by atoms with Gasteiger partial charge in [-0.05, 0) is 18.8 Å². The maximum absolute atomic E-state index is 11.7. The molecule has 2 amide bonds. The molecule has 0 aromatic carbocycles. The van der Waals surface area contributed by atoms with E-state index >= 15 is 0 Å². The summed E-state index contributed by atoms with van der Waals surface area (Å²) < 4.78 is 0. The molecule has 3 N–H and O–H groups in total. The van der Waals surface area contributed by atoms with Crippen molar-refractivity contribution < 1.29 is 14.7 Å². The number of aliphatic carboxylic acids is 1. The van der Waals surface area contributed by atoms with Gasteiger partial charge in [0.1, 0.15) is 0 Å². The second-order valence-corrected chi connectivity index (χ2v) is 5.02. The van der Waals surface area contributed by atoms with E-state index in [-0.39, 0.29) is 12.1 Å². The van der Waals surface area contributed by atoms with Gasteiger partial charge >= 0.3 is 12.0 Å². The predicted octanol–water partition coefficient (Wildman–Crippen LogP) is 1.98. The van der Waals surface area contributed by atoms with Crippen molar-refractivity contribution >= 4 is 12.0 Å². The lowest BCUT2D eigenvalue weighted by molar-refractivity contribution is -0.142. The van der Waals surface area contributed by atoms with Crippen LogP contribution in [0.15, 0.2) is 0 Å². The molecule has 104 valence electrons. The first-order valence-corrected chi connectivity index (χ1v) is 6.85. The topological polar surface area (TPSA) is 78.4 Å². The Morgan fingerprint density at radius 3 is 2.50 bits per heavy atom. The van der Waals surface area contributed by atoms with E-state index in [4.69, 9.17) is 5.11 Å². The van der Waals surface area contributed by atoms with Crippen molar-refractivity contribution in [3.8, 4) is 0 Å². The lowest BCUT2D eigenvalue weighted by Gasteiger charge is -2.19. The van der Waals surface area contributed by atoms with Gasteiger partial charge in [0.05, 0.1) is 5.92 Å². The Balaban J connectivity index is 2.33. The molecule has 1 aliphatic carbocycles. The molecule has 0 aliphatic heterocycles. The maximum Gasteiger partial charge on any atom is 0.315 e. The van der Waals surface area contributed by atoms with Crippen LogP contribution in [0.4, 0.5) is 4.79 Å². The fraction of sp³-hybridized carbons (Fsp3) is 0.846. The van der Waals surface area contributed by atoms with E-state index in [1.807, 2.05) is 0 Å². The van der Waals surface area contributed by atoms with Gasteiger partial charge in [-0.25, -0.2) is 4.79 Å². The molecule has 1 fully saturated rings. The highest BCUT2D eigenvalue weighted by molar-refractivity contribution is 5.77. The summed E-state index contributed by atoms with van der Waals surface area (Å²) in [6, 6.07) is -0.454. The molecule has 0 radical (unpaired) electrons. The van der Waals surface area contributed by atoms with E-state index in [0.29, 0.717) is 18.9 Å². The minimum Gasteiger partial charge on any atom is -0.481 e. The van der Waals surface area contributed by atoms with E-state index in [0.717, 1.165) is 25.7 Å². The van der Waals surface area contributed by atoms with Crippen molar-refractivity contribution in [3.63, 3.8) is 0 Å². The first-order valence-electron chi connectivity index (χ1n) is 6.85. The molecule has 5 nitrogen and oxygen atoms in total. The zero-order valence-corrected chi connectivity index (χ0v) is 11.2. The van der Waals surface area contributed by atoms with Gasteiger partial charge in [0, 0.05) is 12.6 Å². The molecule has 0 aromatic rings. The average molecular weight is 256 g/mol. The van der Waals surface area contributed by atoms with Crippen LogP contribution in [0.1, 0.15) is 46.0 Å². The summed E-state index contributed by atoms with van der Waals surface area (Å²) >= 11 is 0. The molecule has 2 atom stereocenters. The molecule has 1 rings (SSSR count). The highest BCUT2D eigenvalue weighted by Gasteiger charge is 2.33. The molecule has 0 spiro atoms. The Hall–Kier alpha value is -1.26. The molecule has 18 heavy (non-hydrogen) atoms. The molecular weight excluding hydrogens is 232 g/mol. The molecule has 2 unspecified atom stereocenters. The number of amides is 2. The van der Waals surface area contributed by atoms with Gasteiger partial charge in [0.15, 0.2) is 0 Å². The molecule has 0 heterocycles. The highest BCUT2D eigenvalue weighted by Crippen LogP contribution is 2.25. The second kappa shape index (κ2) is 7.24. The third kappa shape index (κ3) is 4.20. The fourth-order valence-electron chi connectivity index (χ4n) is 2.46. The van der Waals surface area contributed by atoms with E-state index < -0.39 is 11.9 Å². The number of hydrogen-bond acceptors (Lipinski definition) is 2. The van der Waals surface area contributed by atoms with E-state index in [2.05, 4.69) is 24.5 Å². The molecular formula is C13H24N2O3. The predicted molar refractivity (Wildman–Crippen MR) is 69.4 cm³/mol. The van der Waals surface area contributed by atoms with Gasteiger partial charge in [0.2, 0.25) is 0 Å². The Kier molecular flexibility index (Phi) is 5.95. The quantitative estimate of drug-likeness (QED) is 0.680. The van der Waals surface area contributed by atoms with Crippen LogP contribution in [0.2, 0.25) is 0 Å². The normalized spacial score (nSPS) is 23.1. The standard InChI is InChI=1S/C13H24N2O3/c1-3-9(4-2)8-14-13(18)15-11-7-5-6-10(11)12(16)17/h9-11H,3-8H2,1-2H3,(H,16,17)(H2,14,15,18). The second-order valence-electron chi connectivity index (χ2n) is 5.02. The van der Waals surface area contributed by atoms with Gasteiger partial charge in [-0.15, -0.1) is 0 Å². The summed E-state index contributed by atoms with van der Waals surface area (Å²) in [6.07, 6.45) is 4.37. The van der Waals surface area contributed by atoms with E-state index in [1.54, 1.807) is 0 Å². The average Bonchev–Trinajstić information content (AvgIpc) is 2.78. The zero-order chi connectivity index (χ0) is 13.5. The molecule has 5 heteroatoms. The Morgan fingerprint density at radius 2 is 1.94 bits per heavy atom. The maximum atomic E-state index is 11.7. The smallest absolute Gasteiger partial charge is 0.315 e. The number of rotatable bonds is 6. The van der Waals surface area contributed by atoms with Gasteiger partial charge in [-0.3, -0.25) is 4.79 Å². The number of urea groups is 1. The SMILES string of the molecule is CCC(CC)CNC(=O)NC1CCCC1C(=O)O. The van der Waals surface area contributed by atoms with Crippen LogP contribution in [0, 0.1) is 11.8 Å². The van der Waals surface area contributed by atoms with Crippen molar-refractivity contribution in [2.45, 2.75) is 52.0 Å². The van der Waals surface area contributed by atoms with Gasteiger partial charge in [0.25, 0.3) is 0 Å². The van der Waals surface area contributed by atoms with Crippen molar-refractivity contribution in [3.05, 3.63) is 0 Å². The van der Waals surface area contributed by atoms with Crippen molar-refractivity contribution in [2.75, 3.05) is 6.54 Å². The van der Waals surface area contributed by atoms with Gasteiger partial charge < -0.3 is 15.7 Å². The monoisotopic (exact) mass is 256 g/mol. The number of carboxylic acid groups (broad SMARTS) is 1. The Labute approximate surface area is 108 Å². The highest BCUT2D eigenvalue weighted by atomic mass is 16.4. The lowest BCUT2D eigenvalue weighted by Crippen LogP contribution is -2.46. The molecule has 1 aliphatic rings. The van der Waals surface area contributed by atoms with Gasteiger partial charge in [-0.2, -0.15) is 0 Å². The minimum atomic E-state index is -0.808. The van der Waals surface area contributed by atoms with Crippen LogP contribution in [-0.2, 0) is 4.79 Å². The third-order valence-corrected chi connectivity index (χ3v) is 3.86. The number of carbonyl (C=O) groups excluding carboxylic acids is 1. The largest absolute Gasteiger partial charge is 0.481 e. The fourth-order valence-corrected chi connectivity index (χ4v) is 2.46. The van der Waals surface area contributed by atoms with Crippen molar-refractivity contribution in [1.29, 1.82) is 0 Å². The summed E-state index contributed by atoms with van der Waals surface area (Å²) in [6.45, 7) is 4.86. The van der Waals surface area contributed by atoms with Gasteiger partial charge in [-0.1, -0.05) is 33.1 Å². The lowest BCUT2D eigenvalue weighted by atomic mass is 10.0. The first kappa shape index (κ1) is 14.8. The van der Waals surface area contributed by atoms with Crippen LogP contribution < -0.4 is 10.6 Å². The zero-order valence-electron chi connectivity index (χ0n) is 11.2. The summed E-state index contributed by atoms with van der Waals surface area (Å²) in [5.41, 5.74) is 0. The summed E-state index contributed by atoms with van der Waals surface area (Å²) in [5, 5.41) is 14.6. The van der Waals surface area contributed by atoms with Crippen LogP contribution in [-0.4, -0.2) is 29.7 Å². The van der Waals surface area contributed by atoms with Crippen molar-refractivity contribution in [2.24, 2.45) is 11.8 Å². The van der Waals surface area contributed by atoms with Crippen LogP contribution in [0.5, 0.6) is 0 Å². The minimum absolute atomic E-state index is 0.218. The number of carboxylic acids is 1.